The van der Waals surface area contributed by atoms with Crippen LogP contribution in [-0.4, -0.2) is 31.1 Å². The summed E-state index contributed by atoms with van der Waals surface area (Å²) in [6.07, 6.45) is 1.26. The van der Waals surface area contributed by atoms with Crippen LogP contribution < -0.4 is 10.2 Å². The van der Waals surface area contributed by atoms with Crippen molar-refractivity contribution in [3.05, 3.63) is 0 Å². The Labute approximate surface area is 117 Å². The van der Waals surface area contributed by atoms with Gasteiger partial charge in [0.1, 0.15) is 5.54 Å². The van der Waals surface area contributed by atoms with Gasteiger partial charge in [0, 0.05) is 11.8 Å². The van der Waals surface area contributed by atoms with Crippen LogP contribution in [0.2, 0.25) is 0 Å². The molecule has 3 atom stereocenters. The van der Waals surface area contributed by atoms with Crippen molar-refractivity contribution in [2.24, 2.45) is 17.8 Å². The van der Waals surface area contributed by atoms with E-state index < -0.39 is 5.54 Å². The van der Waals surface area contributed by atoms with Crippen molar-refractivity contribution in [2.45, 2.75) is 46.6 Å². The lowest BCUT2D eigenvalue weighted by atomic mass is 9.89. The molecule has 0 aromatic heterocycles. The van der Waals surface area contributed by atoms with Gasteiger partial charge >= 0.3 is 0 Å². The monoisotopic (exact) mass is 266 g/mol. The number of hydrogen-bond acceptors (Lipinski definition) is 2. The smallest absolute Gasteiger partial charge is 0.276 e. The molecule has 19 heavy (non-hydrogen) atoms. The first-order valence-electron chi connectivity index (χ1n) is 7.32. The van der Waals surface area contributed by atoms with Crippen molar-refractivity contribution in [3.63, 3.8) is 0 Å². The van der Waals surface area contributed by atoms with Crippen molar-refractivity contribution in [1.82, 2.24) is 5.32 Å². The molecule has 108 valence electrons. The molecular formula is C15H28N3O+. The fraction of sp³-hybridized carbons (Fsp3) is 0.867. The summed E-state index contributed by atoms with van der Waals surface area (Å²) >= 11 is 0. The minimum atomic E-state index is -0.760. The predicted molar refractivity (Wildman–Crippen MR) is 75.5 cm³/mol. The third-order valence-electron chi connectivity index (χ3n) is 4.28. The van der Waals surface area contributed by atoms with Crippen LogP contribution in [0.3, 0.4) is 0 Å². The van der Waals surface area contributed by atoms with Crippen LogP contribution in [0.15, 0.2) is 0 Å². The van der Waals surface area contributed by atoms with E-state index >= 15 is 0 Å². The summed E-state index contributed by atoms with van der Waals surface area (Å²) in [4.78, 5) is 13.5. The van der Waals surface area contributed by atoms with E-state index in [1.807, 2.05) is 13.8 Å². The van der Waals surface area contributed by atoms with E-state index in [9.17, 15) is 10.1 Å². The molecule has 1 rings (SSSR count). The zero-order valence-electron chi connectivity index (χ0n) is 12.9. The number of carbonyl (C=O) groups is 1. The van der Waals surface area contributed by atoms with Crippen LogP contribution in [0, 0.1) is 29.1 Å². The third-order valence-corrected chi connectivity index (χ3v) is 4.28. The summed E-state index contributed by atoms with van der Waals surface area (Å²) in [6.45, 7) is 12.8. The lowest BCUT2D eigenvalue weighted by molar-refractivity contribution is -0.904. The van der Waals surface area contributed by atoms with Crippen molar-refractivity contribution in [1.29, 1.82) is 5.26 Å². The molecule has 0 bridgehead atoms. The van der Waals surface area contributed by atoms with Gasteiger partial charge in [0.25, 0.3) is 5.91 Å². The average molecular weight is 266 g/mol. The molecule has 1 amide bonds. The number of carbonyl (C=O) groups excluding carboxylic acids is 1. The molecule has 0 aromatic carbocycles. The molecule has 4 heteroatoms. The number of rotatable bonds is 4. The number of hydrogen-bond donors (Lipinski definition) is 2. The highest BCUT2D eigenvalue weighted by atomic mass is 16.2. The number of quaternary nitrogens is 1. The fourth-order valence-electron chi connectivity index (χ4n) is 2.93. The Balaban J connectivity index is 2.54. The van der Waals surface area contributed by atoms with E-state index in [1.165, 1.54) is 11.3 Å². The average Bonchev–Trinajstić information content (AvgIpc) is 2.26. The van der Waals surface area contributed by atoms with Gasteiger partial charge in [-0.05, 0) is 19.3 Å². The van der Waals surface area contributed by atoms with Crippen LogP contribution in [0.1, 0.15) is 41.0 Å². The standard InChI is InChI=1S/C15H27N3O/c1-11(2)15(5,10-16)17-14(19)9-18-7-12(3)6-13(4)8-18/h11-13H,6-9H2,1-5H3,(H,17,19)/p+1/t12-,13-,15+/m1/s1. The van der Waals surface area contributed by atoms with E-state index in [2.05, 4.69) is 25.2 Å². The summed E-state index contributed by atoms with van der Waals surface area (Å²) in [5.74, 6) is 1.46. The first-order valence-corrected chi connectivity index (χ1v) is 7.32. The second kappa shape index (κ2) is 6.38. The molecule has 1 heterocycles. The minimum Gasteiger partial charge on any atom is -0.333 e. The lowest BCUT2D eigenvalue weighted by Gasteiger charge is -2.33. The van der Waals surface area contributed by atoms with Crippen molar-refractivity contribution >= 4 is 5.91 Å². The number of amides is 1. The van der Waals surface area contributed by atoms with Gasteiger partial charge in [-0.25, -0.2) is 0 Å². The maximum absolute atomic E-state index is 12.1. The Hall–Kier alpha value is -1.08. The molecule has 4 nitrogen and oxygen atoms in total. The highest BCUT2D eigenvalue weighted by Crippen LogP contribution is 2.15. The fourth-order valence-corrected chi connectivity index (χ4v) is 2.93. The molecule has 1 saturated heterocycles. The largest absolute Gasteiger partial charge is 0.333 e. The normalized spacial score (nSPS) is 30.5. The zero-order valence-corrected chi connectivity index (χ0v) is 12.9. The van der Waals surface area contributed by atoms with Gasteiger partial charge in [0.05, 0.1) is 19.2 Å². The summed E-state index contributed by atoms with van der Waals surface area (Å²) in [5, 5.41) is 12.1. The Kier molecular flexibility index (Phi) is 5.37. The Morgan fingerprint density at radius 2 is 1.95 bits per heavy atom. The second-order valence-electron chi connectivity index (χ2n) is 6.80. The molecule has 0 saturated carbocycles. The van der Waals surface area contributed by atoms with E-state index in [-0.39, 0.29) is 11.8 Å². The quantitative estimate of drug-likeness (QED) is 0.783. The predicted octanol–water partition coefficient (Wildman–Crippen LogP) is 0.602. The number of nitrogens with one attached hydrogen (secondary N) is 2. The van der Waals surface area contributed by atoms with Gasteiger partial charge in [-0.3, -0.25) is 4.79 Å². The highest BCUT2D eigenvalue weighted by Gasteiger charge is 2.32. The maximum Gasteiger partial charge on any atom is 0.276 e. The van der Waals surface area contributed by atoms with E-state index in [4.69, 9.17) is 0 Å². The Bertz CT molecular complexity index is 351. The number of piperidine rings is 1. The van der Waals surface area contributed by atoms with Crippen LogP contribution in [0.25, 0.3) is 0 Å². The van der Waals surface area contributed by atoms with E-state index in [0.29, 0.717) is 18.4 Å². The molecule has 2 N–H and O–H groups in total. The molecule has 0 aromatic rings. The van der Waals surface area contributed by atoms with Crippen molar-refractivity contribution in [2.75, 3.05) is 19.6 Å². The zero-order chi connectivity index (χ0) is 14.6. The van der Waals surface area contributed by atoms with Crippen molar-refractivity contribution in [3.8, 4) is 6.07 Å². The molecule has 0 radical (unpaired) electrons. The first kappa shape index (κ1) is 16.0. The molecule has 1 aliphatic heterocycles. The number of likely N-dealkylation sites (tertiary alicyclic amines) is 1. The molecule has 1 fully saturated rings. The van der Waals surface area contributed by atoms with Gasteiger partial charge in [0.2, 0.25) is 0 Å². The number of nitriles is 1. The Morgan fingerprint density at radius 1 is 1.42 bits per heavy atom. The molecule has 0 unspecified atom stereocenters. The summed E-state index contributed by atoms with van der Waals surface area (Å²) in [6, 6.07) is 2.22. The van der Waals surface area contributed by atoms with Gasteiger partial charge in [-0.15, -0.1) is 0 Å². The summed E-state index contributed by atoms with van der Waals surface area (Å²) in [5.41, 5.74) is -0.760. The lowest BCUT2D eigenvalue weighted by Crippen LogP contribution is -3.15. The first-order chi connectivity index (χ1) is 8.76. The maximum atomic E-state index is 12.1. The van der Waals surface area contributed by atoms with Crippen LogP contribution in [-0.2, 0) is 4.79 Å². The van der Waals surface area contributed by atoms with Crippen LogP contribution >= 0.6 is 0 Å². The Morgan fingerprint density at radius 3 is 2.37 bits per heavy atom. The molecule has 1 aliphatic rings. The third kappa shape index (κ3) is 4.50. The van der Waals surface area contributed by atoms with Crippen molar-refractivity contribution < 1.29 is 9.69 Å². The van der Waals surface area contributed by atoms with Crippen LogP contribution in [0.4, 0.5) is 0 Å². The summed E-state index contributed by atoms with van der Waals surface area (Å²) < 4.78 is 0. The van der Waals surface area contributed by atoms with Gasteiger partial charge in [0.15, 0.2) is 6.54 Å². The van der Waals surface area contributed by atoms with Crippen LogP contribution in [0.5, 0.6) is 0 Å². The summed E-state index contributed by atoms with van der Waals surface area (Å²) in [7, 11) is 0. The second-order valence-corrected chi connectivity index (χ2v) is 6.80. The minimum absolute atomic E-state index is 0.00551. The molecule has 0 spiro atoms. The van der Waals surface area contributed by atoms with E-state index in [0.717, 1.165) is 13.1 Å². The highest BCUT2D eigenvalue weighted by molar-refractivity contribution is 5.78. The number of nitrogens with zero attached hydrogens (tertiary/aromatic N) is 1. The molecular weight excluding hydrogens is 238 g/mol. The van der Waals surface area contributed by atoms with Gasteiger partial charge < -0.3 is 10.2 Å². The SMILES string of the molecule is CC(C)[C@](C)(C#N)NC(=O)C[NH+]1C[C@H](C)C[C@@H](C)C1. The topological polar surface area (TPSA) is 57.3 Å². The molecule has 0 aliphatic carbocycles. The van der Waals surface area contributed by atoms with Gasteiger partial charge in [-0.2, -0.15) is 5.26 Å². The van der Waals surface area contributed by atoms with E-state index in [1.54, 1.807) is 6.92 Å². The van der Waals surface area contributed by atoms with Gasteiger partial charge in [-0.1, -0.05) is 27.7 Å².